The van der Waals surface area contributed by atoms with Gasteiger partial charge in [-0.1, -0.05) is 13.8 Å². The number of hydrogen-bond acceptors (Lipinski definition) is 1. The Labute approximate surface area is 64.0 Å². The molecular weight excluding hydrogens is 122 g/mol. The molecule has 0 heterocycles. The second-order valence-corrected chi connectivity index (χ2v) is 4.02. The zero-order chi connectivity index (χ0) is 7.56. The largest absolute Gasteiger partial charge is 0.328 e. The second kappa shape index (κ2) is 3.38. The number of rotatable bonds is 0. The van der Waals surface area contributed by atoms with Crippen molar-refractivity contribution < 1.29 is 0 Å². The molecule has 0 aromatic heterocycles. The first-order chi connectivity index (χ1) is 4.68. The molecule has 2 N–H and O–H groups in total. The van der Waals surface area contributed by atoms with Crippen LogP contribution in [0.25, 0.3) is 0 Å². The third-order valence-electron chi connectivity index (χ3n) is 2.54. The van der Waals surface area contributed by atoms with Crippen LogP contribution in [0.1, 0.15) is 39.5 Å². The predicted octanol–water partition coefficient (Wildman–Crippen LogP) is 2.16. The van der Waals surface area contributed by atoms with Crippen molar-refractivity contribution in [2.75, 3.05) is 0 Å². The molecule has 1 heteroatoms. The van der Waals surface area contributed by atoms with E-state index in [4.69, 9.17) is 5.73 Å². The van der Waals surface area contributed by atoms with Crippen LogP contribution in [-0.4, -0.2) is 6.04 Å². The van der Waals surface area contributed by atoms with Crippen molar-refractivity contribution in [3.8, 4) is 0 Å². The average molecular weight is 141 g/mol. The summed E-state index contributed by atoms with van der Waals surface area (Å²) in [6.45, 7) is 4.66. The van der Waals surface area contributed by atoms with Gasteiger partial charge in [-0.15, -0.1) is 0 Å². The van der Waals surface area contributed by atoms with Gasteiger partial charge < -0.3 is 5.73 Å². The van der Waals surface area contributed by atoms with Crippen LogP contribution < -0.4 is 5.73 Å². The lowest BCUT2D eigenvalue weighted by molar-refractivity contribution is 0.418. The van der Waals surface area contributed by atoms with E-state index >= 15 is 0 Å². The summed E-state index contributed by atoms with van der Waals surface area (Å²) < 4.78 is 0. The van der Waals surface area contributed by atoms with E-state index in [0.717, 1.165) is 11.8 Å². The third kappa shape index (κ3) is 2.30. The smallest absolute Gasteiger partial charge is 0.00414 e. The molecule has 0 bridgehead atoms. The molecule has 0 spiro atoms. The van der Waals surface area contributed by atoms with Crippen LogP contribution in [0.15, 0.2) is 0 Å². The summed E-state index contributed by atoms with van der Waals surface area (Å²) in [5, 5.41) is 0. The summed E-state index contributed by atoms with van der Waals surface area (Å²) in [6.07, 6.45) is 5.20. The van der Waals surface area contributed by atoms with Gasteiger partial charge in [0.05, 0.1) is 0 Å². The summed E-state index contributed by atoms with van der Waals surface area (Å²) in [4.78, 5) is 0. The Balaban J connectivity index is 2.38. The van der Waals surface area contributed by atoms with E-state index in [0.29, 0.717) is 6.04 Å². The zero-order valence-electron chi connectivity index (χ0n) is 7.14. The van der Waals surface area contributed by atoms with Crippen LogP contribution in [0.5, 0.6) is 0 Å². The summed E-state index contributed by atoms with van der Waals surface area (Å²) in [6, 6.07) is 0.486. The first-order valence-corrected chi connectivity index (χ1v) is 4.44. The van der Waals surface area contributed by atoms with Gasteiger partial charge in [0, 0.05) is 6.04 Å². The van der Waals surface area contributed by atoms with Gasteiger partial charge in [0.1, 0.15) is 0 Å². The van der Waals surface area contributed by atoms with Gasteiger partial charge in [-0.3, -0.25) is 0 Å². The van der Waals surface area contributed by atoms with E-state index < -0.39 is 0 Å². The molecule has 10 heavy (non-hydrogen) atoms. The average Bonchev–Trinajstić information content (AvgIpc) is 1.93. The van der Waals surface area contributed by atoms with E-state index in [2.05, 4.69) is 13.8 Å². The highest BCUT2D eigenvalue weighted by Crippen LogP contribution is 2.25. The van der Waals surface area contributed by atoms with E-state index in [1.807, 2.05) is 0 Å². The topological polar surface area (TPSA) is 26.0 Å². The molecule has 1 aliphatic rings. The van der Waals surface area contributed by atoms with Crippen molar-refractivity contribution in [1.82, 2.24) is 0 Å². The van der Waals surface area contributed by atoms with Crippen molar-refractivity contribution in [3.63, 3.8) is 0 Å². The Morgan fingerprint density at radius 2 is 1.70 bits per heavy atom. The van der Waals surface area contributed by atoms with Crippen molar-refractivity contribution >= 4 is 0 Å². The first kappa shape index (κ1) is 8.06. The van der Waals surface area contributed by atoms with Gasteiger partial charge in [0.15, 0.2) is 0 Å². The van der Waals surface area contributed by atoms with Gasteiger partial charge in [0.25, 0.3) is 0 Å². The summed E-state index contributed by atoms with van der Waals surface area (Å²) in [7, 11) is 0. The molecule has 1 unspecified atom stereocenters. The van der Waals surface area contributed by atoms with E-state index in [-0.39, 0.29) is 0 Å². The monoisotopic (exact) mass is 141 g/mol. The van der Waals surface area contributed by atoms with Crippen molar-refractivity contribution in [2.45, 2.75) is 45.6 Å². The maximum absolute atomic E-state index is 5.89. The van der Waals surface area contributed by atoms with Gasteiger partial charge in [-0.2, -0.15) is 0 Å². The fourth-order valence-corrected chi connectivity index (χ4v) is 2.03. The van der Waals surface area contributed by atoms with E-state index in [9.17, 15) is 0 Å². The molecule has 1 rings (SSSR count). The zero-order valence-corrected chi connectivity index (χ0v) is 7.14. The maximum Gasteiger partial charge on any atom is 0.00414 e. The highest BCUT2D eigenvalue weighted by atomic mass is 14.6. The maximum atomic E-state index is 5.89. The highest BCUT2D eigenvalue weighted by Gasteiger charge is 2.17. The summed E-state index contributed by atoms with van der Waals surface area (Å²) in [5.74, 6) is 1.76. The summed E-state index contributed by atoms with van der Waals surface area (Å²) >= 11 is 0. The fraction of sp³-hybridized carbons (Fsp3) is 1.00. The molecule has 0 radical (unpaired) electrons. The van der Waals surface area contributed by atoms with Crippen LogP contribution in [0.2, 0.25) is 0 Å². The fourth-order valence-electron chi connectivity index (χ4n) is 2.03. The Hall–Kier alpha value is -0.0400. The third-order valence-corrected chi connectivity index (χ3v) is 2.54. The van der Waals surface area contributed by atoms with Crippen molar-refractivity contribution in [3.05, 3.63) is 0 Å². The molecule has 60 valence electrons. The van der Waals surface area contributed by atoms with E-state index in [1.165, 1.54) is 25.7 Å². The molecule has 1 fully saturated rings. The predicted molar refractivity (Wildman–Crippen MR) is 44.8 cm³/mol. The van der Waals surface area contributed by atoms with Gasteiger partial charge in [-0.05, 0) is 37.5 Å². The van der Waals surface area contributed by atoms with E-state index in [1.54, 1.807) is 0 Å². The molecule has 0 saturated heterocycles. The Kier molecular flexibility index (Phi) is 2.72. The highest BCUT2D eigenvalue weighted by molar-refractivity contribution is 4.73. The van der Waals surface area contributed by atoms with Crippen LogP contribution in [0.4, 0.5) is 0 Å². The quantitative estimate of drug-likeness (QED) is 0.514. The Morgan fingerprint density at radius 1 is 1.00 bits per heavy atom. The van der Waals surface area contributed by atoms with Gasteiger partial charge in [0.2, 0.25) is 0 Å². The Morgan fingerprint density at radius 3 is 2.40 bits per heavy atom. The normalized spacial score (nSPS) is 42.9. The number of hydrogen-bond donors (Lipinski definition) is 1. The van der Waals surface area contributed by atoms with Crippen molar-refractivity contribution in [2.24, 2.45) is 17.6 Å². The van der Waals surface area contributed by atoms with Crippen molar-refractivity contribution in [1.29, 1.82) is 0 Å². The molecule has 1 aliphatic carbocycles. The minimum Gasteiger partial charge on any atom is -0.328 e. The lowest BCUT2D eigenvalue weighted by Crippen LogP contribution is -2.20. The standard InChI is InChI=1S/C9H19N/c1-7-3-4-9(10)6-8(2)5-7/h7-9H,3-6,10H2,1-2H3/t7-,8?,9+/m0/s1. The number of nitrogens with two attached hydrogens (primary N) is 1. The Bertz CT molecular complexity index is 88.9. The SMILES string of the molecule is CC1C[C@@H](C)CC[C@@H](N)C1. The molecule has 3 atom stereocenters. The second-order valence-electron chi connectivity index (χ2n) is 4.02. The molecular formula is C9H19N. The molecule has 0 aliphatic heterocycles. The van der Waals surface area contributed by atoms with Crippen LogP contribution in [0.3, 0.4) is 0 Å². The summed E-state index contributed by atoms with van der Waals surface area (Å²) in [5.41, 5.74) is 5.89. The van der Waals surface area contributed by atoms with Crippen LogP contribution >= 0.6 is 0 Å². The molecule has 1 saturated carbocycles. The first-order valence-electron chi connectivity index (χ1n) is 4.44. The van der Waals surface area contributed by atoms with Crippen LogP contribution in [-0.2, 0) is 0 Å². The lowest BCUT2D eigenvalue weighted by atomic mass is 9.96. The molecule has 0 amide bonds. The molecule has 0 aromatic rings. The van der Waals surface area contributed by atoms with Crippen LogP contribution in [0, 0.1) is 11.8 Å². The van der Waals surface area contributed by atoms with Gasteiger partial charge in [-0.25, -0.2) is 0 Å². The molecule has 1 nitrogen and oxygen atoms in total. The molecule has 0 aromatic carbocycles. The van der Waals surface area contributed by atoms with Gasteiger partial charge >= 0.3 is 0 Å². The minimum atomic E-state index is 0.486. The minimum absolute atomic E-state index is 0.486. The lowest BCUT2D eigenvalue weighted by Gasteiger charge is -2.11.